The molecule has 3 nitrogen and oxygen atoms in total. The summed E-state index contributed by atoms with van der Waals surface area (Å²) in [6.07, 6.45) is 0. The van der Waals surface area contributed by atoms with Crippen LogP contribution in [0.25, 0.3) is 0 Å². The number of anilines is 1. The molecule has 0 bridgehead atoms. The summed E-state index contributed by atoms with van der Waals surface area (Å²) >= 11 is 11.8. The maximum absolute atomic E-state index is 12.0. The molecular formula is C13H9Cl2NO2. The first kappa shape index (κ1) is 12.7. The smallest absolute Gasteiger partial charge is 0.257 e. The van der Waals surface area contributed by atoms with Gasteiger partial charge in [-0.15, -0.1) is 0 Å². The molecule has 2 N–H and O–H groups in total. The van der Waals surface area contributed by atoms with E-state index in [1.807, 2.05) is 0 Å². The molecule has 2 aromatic rings. The quantitative estimate of drug-likeness (QED) is 0.819. The third-order valence-corrected chi connectivity index (χ3v) is 2.96. The monoisotopic (exact) mass is 281 g/mol. The van der Waals surface area contributed by atoms with Crippen molar-refractivity contribution in [2.75, 3.05) is 5.32 Å². The predicted octanol–water partition coefficient (Wildman–Crippen LogP) is 3.95. The summed E-state index contributed by atoms with van der Waals surface area (Å²) in [6.45, 7) is 0. The van der Waals surface area contributed by atoms with Crippen molar-refractivity contribution >= 4 is 34.8 Å². The molecule has 2 rings (SSSR count). The van der Waals surface area contributed by atoms with Gasteiger partial charge in [0.05, 0.1) is 21.3 Å². The van der Waals surface area contributed by atoms with Crippen LogP contribution in [0.1, 0.15) is 10.4 Å². The van der Waals surface area contributed by atoms with Crippen LogP contribution in [0.4, 0.5) is 5.69 Å². The van der Waals surface area contributed by atoms with E-state index in [0.29, 0.717) is 16.3 Å². The van der Waals surface area contributed by atoms with E-state index in [4.69, 9.17) is 23.2 Å². The highest BCUT2D eigenvalue weighted by atomic mass is 35.5. The van der Waals surface area contributed by atoms with Crippen LogP contribution < -0.4 is 5.32 Å². The standard InChI is InChI=1S/C13H9Cl2NO2/c14-10-4-2-1-3-9(10)13(18)16-12-6-5-8(17)7-11(12)15/h1-7,17H,(H,16,18). The van der Waals surface area contributed by atoms with E-state index >= 15 is 0 Å². The molecule has 1 amide bonds. The van der Waals surface area contributed by atoms with Crippen molar-refractivity contribution < 1.29 is 9.90 Å². The summed E-state index contributed by atoms with van der Waals surface area (Å²) in [5, 5.41) is 12.5. The zero-order chi connectivity index (χ0) is 13.1. The lowest BCUT2D eigenvalue weighted by molar-refractivity contribution is 0.102. The number of benzene rings is 2. The number of aromatic hydroxyl groups is 1. The molecule has 18 heavy (non-hydrogen) atoms. The Morgan fingerprint density at radius 3 is 2.44 bits per heavy atom. The van der Waals surface area contributed by atoms with Gasteiger partial charge in [-0.1, -0.05) is 35.3 Å². The average molecular weight is 282 g/mol. The van der Waals surface area contributed by atoms with Crippen LogP contribution in [0.15, 0.2) is 42.5 Å². The Morgan fingerprint density at radius 1 is 1.06 bits per heavy atom. The maximum atomic E-state index is 12.0. The number of rotatable bonds is 2. The minimum atomic E-state index is -0.354. The lowest BCUT2D eigenvalue weighted by Gasteiger charge is -2.08. The molecule has 0 aliphatic rings. The number of phenolic OH excluding ortho intramolecular Hbond substituents is 1. The van der Waals surface area contributed by atoms with Gasteiger partial charge in [0.2, 0.25) is 0 Å². The van der Waals surface area contributed by atoms with Crippen molar-refractivity contribution in [3.8, 4) is 5.75 Å². The zero-order valence-electron chi connectivity index (χ0n) is 9.15. The second kappa shape index (κ2) is 5.29. The van der Waals surface area contributed by atoms with Crippen molar-refractivity contribution in [3.05, 3.63) is 58.1 Å². The molecule has 0 saturated heterocycles. The summed E-state index contributed by atoms with van der Waals surface area (Å²) in [5.41, 5.74) is 0.780. The fourth-order valence-corrected chi connectivity index (χ4v) is 1.88. The molecule has 0 unspecified atom stereocenters. The number of nitrogens with one attached hydrogen (secondary N) is 1. The predicted molar refractivity (Wildman–Crippen MR) is 72.5 cm³/mol. The summed E-state index contributed by atoms with van der Waals surface area (Å²) in [7, 11) is 0. The van der Waals surface area contributed by atoms with Crippen LogP contribution in [0.2, 0.25) is 10.0 Å². The molecule has 0 aliphatic carbocycles. The minimum Gasteiger partial charge on any atom is -0.508 e. The zero-order valence-corrected chi connectivity index (χ0v) is 10.7. The van der Waals surface area contributed by atoms with E-state index in [2.05, 4.69) is 5.32 Å². The largest absolute Gasteiger partial charge is 0.508 e. The van der Waals surface area contributed by atoms with E-state index in [1.165, 1.54) is 18.2 Å². The second-order valence-corrected chi connectivity index (χ2v) is 4.41. The van der Waals surface area contributed by atoms with Crippen LogP contribution in [0.5, 0.6) is 5.75 Å². The first-order chi connectivity index (χ1) is 8.58. The third kappa shape index (κ3) is 2.75. The Labute approximate surface area is 114 Å². The van der Waals surface area contributed by atoms with Gasteiger partial charge in [-0.3, -0.25) is 4.79 Å². The van der Waals surface area contributed by atoms with Crippen molar-refractivity contribution in [2.24, 2.45) is 0 Å². The Kier molecular flexibility index (Phi) is 3.75. The molecule has 0 saturated carbocycles. The summed E-state index contributed by atoms with van der Waals surface area (Å²) in [5.74, 6) is -0.316. The fraction of sp³-hybridized carbons (Fsp3) is 0. The van der Waals surface area contributed by atoms with Gasteiger partial charge in [-0.25, -0.2) is 0 Å². The highest BCUT2D eigenvalue weighted by molar-refractivity contribution is 6.36. The molecule has 0 atom stereocenters. The summed E-state index contributed by atoms with van der Waals surface area (Å²) in [6, 6.07) is 11.0. The third-order valence-electron chi connectivity index (χ3n) is 2.32. The lowest BCUT2D eigenvalue weighted by Crippen LogP contribution is -2.12. The Hall–Kier alpha value is -1.71. The van der Waals surface area contributed by atoms with Crippen LogP contribution >= 0.6 is 23.2 Å². The number of halogens is 2. The van der Waals surface area contributed by atoms with E-state index in [9.17, 15) is 9.90 Å². The fourth-order valence-electron chi connectivity index (χ4n) is 1.44. The average Bonchev–Trinajstić information content (AvgIpc) is 2.33. The van der Waals surface area contributed by atoms with Gasteiger partial charge in [0.25, 0.3) is 5.91 Å². The second-order valence-electron chi connectivity index (χ2n) is 3.60. The highest BCUT2D eigenvalue weighted by Crippen LogP contribution is 2.27. The van der Waals surface area contributed by atoms with Crippen LogP contribution in [0, 0.1) is 0 Å². The van der Waals surface area contributed by atoms with Crippen molar-refractivity contribution in [1.29, 1.82) is 0 Å². The molecule has 0 aliphatic heterocycles. The summed E-state index contributed by atoms with van der Waals surface area (Å²) < 4.78 is 0. The number of carbonyl (C=O) groups excluding carboxylic acids is 1. The van der Waals surface area contributed by atoms with Gasteiger partial charge in [0.15, 0.2) is 0 Å². The molecule has 0 heterocycles. The molecule has 2 aromatic carbocycles. The van der Waals surface area contributed by atoms with Crippen molar-refractivity contribution in [1.82, 2.24) is 0 Å². The Morgan fingerprint density at radius 2 is 1.78 bits per heavy atom. The van der Waals surface area contributed by atoms with Gasteiger partial charge < -0.3 is 10.4 Å². The minimum absolute atomic E-state index is 0.0377. The SMILES string of the molecule is O=C(Nc1ccc(O)cc1Cl)c1ccccc1Cl. The van der Waals surface area contributed by atoms with Gasteiger partial charge in [0, 0.05) is 6.07 Å². The molecular weight excluding hydrogens is 273 g/mol. The molecule has 92 valence electrons. The van der Waals surface area contributed by atoms with Gasteiger partial charge in [0.1, 0.15) is 5.75 Å². The number of phenols is 1. The number of hydrogen-bond acceptors (Lipinski definition) is 2. The van der Waals surface area contributed by atoms with Crippen LogP contribution in [-0.4, -0.2) is 11.0 Å². The van der Waals surface area contributed by atoms with Crippen LogP contribution in [0.3, 0.4) is 0 Å². The molecule has 5 heteroatoms. The summed E-state index contributed by atoms with van der Waals surface area (Å²) in [4.78, 5) is 12.0. The van der Waals surface area contributed by atoms with Crippen molar-refractivity contribution in [3.63, 3.8) is 0 Å². The first-order valence-electron chi connectivity index (χ1n) is 5.12. The number of carbonyl (C=O) groups is 1. The van der Waals surface area contributed by atoms with E-state index in [-0.39, 0.29) is 16.7 Å². The van der Waals surface area contributed by atoms with Gasteiger partial charge in [-0.2, -0.15) is 0 Å². The maximum Gasteiger partial charge on any atom is 0.257 e. The number of amides is 1. The van der Waals surface area contributed by atoms with Crippen LogP contribution in [-0.2, 0) is 0 Å². The first-order valence-corrected chi connectivity index (χ1v) is 5.88. The normalized spacial score (nSPS) is 10.1. The van der Waals surface area contributed by atoms with E-state index < -0.39 is 0 Å². The lowest BCUT2D eigenvalue weighted by atomic mass is 10.2. The van der Waals surface area contributed by atoms with E-state index in [1.54, 1.807) is 24.3 Å². The molecule has 0 radical (unpaired) electrons. The molecule has 0 aromatic heterocycles. The van der Waals surface area contributed by atoms with Gasteiger partial charge >= 0.3 is 0 Å². The highest BCUT2D eigenvalue weighted by Gasteiger charge is 2.11. The number of hydrogen-bond donors (Lipinski definition) is 2. The Bertz CT molecular complexity index is 599. The van der Waals surface area contributed by atoms with Crippen molar-refractivity contribution in [2.45, 2.75) is 0 Å². The molecule has 0 spiro atoms. The topological polar surface area (TPSA) is 49.3 Å². The Balaban J connectivity index is 2.24. The van der Waals surface area contributed by atoms with E-state index in [0.717, 1.165) is 0 Å². The van der Waals surface area contributed by atoms with Gasteiger partial charge in [-0.05, 0) is 24.3 Å². The molecule has 0 fully saturated rings.